The molecule has 0 bridgehead atoms. The van der Waals surface area contributed by atoms with E-state index in [4.69, 9.17) is 16.3 Å². The number of fused-ring (bicyclic) bond motifs is 1. The van der Waals surface area contributed by atoms with Crippen LogP contribution in [0, 0.1) is 11.2 Å². The minimum atomic E-state index is -0.595. The number of benzene rings is 1. The standard InChI is InChI=1S/C21H21ClFN3O4S/c1-21(2)8-10(4-17(27)24-9-21)26-19(28)18-14(25-20(26)29)7-16(31-18)11-5-15(30-3)13(23)6-12(11)22/h5-7,10H,4,8-9H2,1-3H3,(H,24,27)(H,25,29). The van der Waals surface area contributed by atoms with Crippen molar-refractivity contribution in [2.24, 2.45) is 5.41 Å². The van der Waals surface area contributed by atoms with E-state index in [2.05, 4.69) is 10.3 Å². The number of nitrogens with zero attached hydrogens (tertiary/aromatic N) is 1. The van der Waals surface area contributed by atoms with Gasteiger partial charge >= 0.3 is 5.69 Å². The molecule has 0 aliphatic carbocycles. The summed E-state index contributed by atoms with van der Waals surface area (Å²) in [4.78, 5) is 41.6. The molecule has 7 nitrogen and oxygen atoms in total. The molecule has 0 spiro atoms. The van der Waals surface area contributed by atoms with E-state index in [0.717, 1.165) is 22.0 Å². The Kier molecular flexibility index (Phi) is 5.43. The molecule has 1 fully saturated rings. The number of ether oxygens (including phenoxy) is 1. The zero-order chi connectivity index (χ0) is 22.5. The second-order valence-electron chi connectivity index (χ2n) is 8.43. The highest BCUT2D eigenvalue weighted by Crippen LogP contribution is 2.38. The van der Waals surface area contributed by atoms with Gasteiger partial charge in [0.2, 0.25) is 5.91 Å². The first-order chi connectivity index (χ1) is 14.6. The predicted molar refractivity (Wildman–Crippen MR) is 119 cm³/mol. The fraction of sp³-hybridized carbons (Fsp3) is 0.381. The Bertz CT molecular complexity index is 1310. The van der Waals surface area contributed by atoms with Crippen molar-refractivity contribution in [3.05, 3.63) is 49.9 Å². The van der Waals surface area contributed by atoms with Crippen molar-refractivity contribution in [1.29, 1.82) is 0 Å². The minimum Gasteiger partial charge on any atom is -0.494 e. The summed E-state index contributed by atoms with van der Waals surface area (Å²) in [6.45, 7) is 4.44. The van der Waals surface area contributed by atoms with Gasteiger partial charge in [0.05, 0.1) is 23.7 Å². The van der Waals surface area contributed by atoms with Crippen LogP contribution in [0.3, 0.4) is 0 Å². The summed E-state index contributed by atoms with van der Waals surface area (Å²) in [7, 11) is 1.35. The van der Waals surface area contributed by atoms with Gasteiger partial charge in [0.15, 0.2) is 11.6 Å². The number of nitrogens with one attached hydrogen (secondary N) is 2. The second kappa shape index (κ2) is 7.80. The molecular weight excluding hydrogens is 445 g/mol. The molecule has 1 unspecified atom stereocenters. The maximum Gasteiger partial charge on any atom is 0.329 e. The van der Waals surface area contributed by atoms with Gasteiger partial charge in [0.1, 0.15) is 4.70 Å². The van der Waals surface area contributed by atoms with E-state index in [1.165, 1.54) is 13.2 Å². The SMILES string of the molecule is COc1cc(-c2cc3[nH]c(=O)n(C4CC(=O)NCC(C)(C)C4)c(=O)c3s2)c(Cl)cc1F. The highest BCUT2D eigenvalue weighted by molar-refractivity contribution is 7.22. The van der Waals surface area contributed by atoms with E-state index in [0.29, 0.717) is 33.6 Å². The first kappa shape index (κ1) is 21.6. The van der Waals surface area contributed by atoms with E-state index in [1.54, 1.807) is 6.07 Å². The van der Waals surface area contributed by atoms with Gasteiger partial charge in [-0.2, -0.15) is 0 Å². The lowest BCUT2D eigenvalue weighted by Crippen LogP contribution is -2.39. The van der Waals surface area contributed by atoms with Crippen molar-refractivity contribution in [2.45, 2.75) is 32.7 Å². The average Bonchev–Trinajstić information content (AvgIpc) is 3.04. The van der Waals surface area contributed by atoms with Gasteiger partial charge in [-0.3, -0.25) is 14.2 Å². The maximum atomic E-state index is 13.9. The number of aromatic amines is 1. The van der Waals surface area contributed by atoms with Gasteiger partial charge in [0.25, 0.3) is 5.56 Å². The first-order valence-corrected chi connectivity index (χ1v) is 10.9. The van der Waals surface area contributed by atoms with E-state index in [9.17, 15) is 18.8 Å². The molecule has 3 aromatic rings. The van der Waals surface area contributed by atoms with Crippen molar-refractivity contribution in [1.82, 2.24) is 14.9 Å². The Morgan fingerprint density at radius 2 is 2.00 bits per heavy atom. The van der Waals surface area contributed by atoms with Crippen LogP contribution in [-0.4, -0.2) is 29.1 Å². The van der Waals surface area contributed by atoms with E-state index in [1.807, 2.05) is 13.8 Å². The topological polar surface area (TPSA) is 93.2 Å². The highest BCUT2D eigenvalue weighted by atomic mass is 35.5. The van der Waals surface area contributed by atoms with Crippen LogP contribution < -0.4 is 21.3 Å². The number of carbonyl (C=O) groups is 1. The van der Waals surface area contributed by atoms with Crippen LogP contribution in [0.5, 0.6) is 5.75 Å². The summed E-state index contributed by atoms with van der Waals surface area (Å²) in [5, 5.41) is 3.00. The van der Waals surface area contributed by atoms with Gasteiger partial charge in [0, 0.05) is 23.4 Å². The van der Waals surface area contributed by atoms with Crippen molar-refractivity contribution in [2.75, 3.05) is 13.7 Å². The third-order valence-corrected chi connectivity index (χ3v) is 6.92. The Labute approximate surface area is 185 Å². The molecule has 1 aliphatic heterocycles. The quantitative estimate of drug-likeness (QED) is 0.616. The van der Waals surface area contributed by atoms with Crippen LogP contribution >= 0.6 is 22.9 Å². The Balaban J connectivity index is 1.86. The van der Waals surface area contributed by atoms with Gasteiger partial charge in [-0.15, -0.1) is 11.3 Å². The Morgan fingerprint density at radius 3 is 2.71 bits per heavy atom. The number of thiophene rings is 1. The van der Waals surface area contributed by atoms with Crippen LogP contribution in [0.4, 0.5) is 4.39 Å². The smallest absolute Gasteiger partial charge is 0.329 e. The fourth-order valence-corrected chi connectivity index (χ4v) is 5.34. The molecule has 1 amide bonds. The summed E-state index contributed by atoms with van der Waals surface area (Å²) in [6.07, 6.45) is 0.552. The van der Waals surface area contributed by atoms with Crippen molar-refractivity contribution >= 4 is 39.1 Å². The molecule has 1 atom stereocenters. The third kappa shape index (κ3) is 3.99. The van der Waals surface area contributed by atoms with Crippen molar-refractivity contribution in [3.8, 4) is 16.2 Å². The number of hydrogen-bond donors (Lipinski definition) is 2. The Hall–Kier alpha value is -2.65. The molecule has 0 radical (unpaired) electrons. The van der Waals surface area contributed by atoms with Crippen molar-refractivity contribution in [3.63, 3.8) is 0 Å². The number of H-pyrrole nitrogens is 1. The molecule has 1 saturated heterocycles. The lowest BCUT2D eigenvalue weighted by atomic mass is 9.86. The molecular formula is C21H21ClFN3O4S. The van der Waals surface area contributed by atoms with Crippen LogP contribution in [0.15, 0.2) is 27.8 Å². The van der Waals surface area contributed by atoms with Crippen LogP contribution in [-0.2, 0) is 4.79 Å². The molecule has 1 aliphatic rings. The predicted octanol–water partition coefficient (Wildman–Crippen LogP) is 3.70. The molecule has 2 aromatic heterocycles. The number of carbonyl (C=O) groups excluding carboxylic acids is 1. The number of amides is 1. The molecule has 2 N–H and O–H groups in total. The Morgan fingerprint density at radius 1 is 1.26 bits per heavy atom. The summed E-state index contributed by atoms with van der Waals surface area (Å²) < 4.78 is 20.4. The van der Waals surface area contributed by atoms with E-state index < -0.39 is 23.1 Å². The largest absolute Gasteiger partial charge is 0.494 e. The van der Waals surface area contributed by atoms with Gasteiger partial charge in [-0.1, -0.05) is 25.4 Å². The summed E-state index contributed by atoms with van der Waals surface area (Å²) in [5.74, 6) is -0.768. The fourth-order valence-electron chi connectivity index (χ4n) is 3.95. The molecule has 31 heavy (non-hydrogen) atoms. The zero-order valence-electron chi connectivity index (χ0n) is 17.2. The number of methoxy groups -OCH3 is 1. The van der Waals surface area contributed by atoms with Gasteiger partial charge in [-0.05, 0) is 30.0 Å². The van der Waals surface area contributed by atoms with Crippen LogP contribution in [0.1, 0.15) is 32.7 Å². The first-order valence-electron chi connectivity index (χ1n) is 9.68. The van der Waals surface area contributed by atoms with E-state index in [-0.39, 0.29) is 28.5 Å². The number of hydrogen-bond acceptors (Lipinski definition) is 5. The lowest BCUT2D eigenvalue weighted by Gasteiger charge is -2.26. The summed E-state index contributed by atoms with van der Waals surface area (Å²) in [5.41, 5.74) is -0.446. The van der Waals surface area contributed by atoms with E-state index >= 15 is 0 Å². The number of rotatable bonds is 3. The highest BCUT2D eigenvalue weighted by Gasteiger charge is 2.32. The molecule has 4 rings (SSSR count). The monoisotopic (exact) mass is 465 g/mol. The lowest BCUT2D eigenvalue weighted by molar-refractivity contribution is -0.121. The van der Waals surface area contributed by atoms with Gasteiger partial charge in [-0.25, -0.2) is 9.18 Å². The minimum absolute atomic E-state index is 0.0226. The van der Waals surface area contributed by atoms with Gasteiger partial charge < -0.3 is 15.0 Å². The molecule has 1 aromatic carbocycles. The molecule has 3 heterocycles. The zero-order valence-corrected chi connectivity index (χ0v) is 18.7. The average molecular weight is 466 g/mol. The maximum absolute atomic E-state index is 13.9. The third-order valence-electron chi connectivity index (χ3n) is 5.45. The number of halogens is 2. The van der Waals surface area contributed by atoms with Crippen LogP contribution in [0.2, 0.25) is 5.02 Å². The summed E-state index contributed by atoms with van der Waals surface area (Å²) in [6, 6.07) is 3.68. The molecule has 0 saturated carbocycles. The normalized spacial score (nSPS) is 18.6. The van der Waals surface area contributed by atoms with Crippen molar-refractivity contribution < 1.29 is 13.9 Å². The molecule has 10 heteroatoms. The number of aromatic nitrogens is 2. The van der Waals surface area contributed by atoms with Crippen LogP contribution in [0.25, 0.3) is 20.7 Å². The summed E-state index contributed by atoms with van der Waals surface area (Å²) >= 11 is 7.36. The second-order valence-corrected chi connectivity index (χ2v) is 9.89. The molecule has 164 valence electrons.